The fourth-order valence-corrected chi connectivity index (χ4v) is 3.79. The first-order chi connectivity index (χ1) is 11.2. The van der Waals surface area contributed by atoms with Gasteiger partial charge in [-0.2, -0.15) is 0 Å². The van der Waals surface area contributed by atoms with Gasteiger partial charge in [0, 0.05) is 17.9 Å². The summed E-state index contributed by atoms with van der Waals surface area (Å²) in [6, 6.07) is 0. The van der Waals surface area contributed by atoms with E-state index in [9.17, 15) is 9.90 Å². The molecule has 0 aromatic carbocycles. The number of hydrogen-bond acceptors (Lipinski definition) is 4. The first-order valence-electron chi connectivity index (χ1n) is 8.83. The minimum absolute atomic E-state index is 0.0303. The van der Waals surface area contributed by atoms with E-state index in [1.54, 1.807) is 0 Å². The number of aliphatic hydroxyl groups is 1. The summed E-state index contributed by atoms with van der Waals surface area (Å²) in [6.45, 7) is 9.92. The van der Waals surface area contributed by atoms with Crippen LogP contribution >= 0.6 is 0 Å². The van der Waals surface area contributed by atoms with Crippen molar-refractivity contribution in [3.8, 4) is 0 Å². The number of allylic oxidation sites excluding steroid dienone is 1. The third-order valence-corrected chi connectivity index (χ3v) is 5.59. The molecule has 0 saturated carbocycles. The van der Waals surface area contributed by atoms with Gasteiger partial charge in [0.1, 0.15) is 6.10 Å². The molecule has 2 fully saturated rings. The predicted octanol–water partition coefficient (Wildman–Crippen LogP) is 3.46. The number of esters is 1. The van der Waals surface area contributed by atoms with Crippen molar-refractivity contribution in [1.29, 1.82) is 0 Å². The fraction of sp³-hybridized carbons (Fsp3) is 0.650. The van der Waals surface area contributed by atoms with Gasteiger partial charge in [0.25, 0.3) is 0 Å². The van der Waals surface area contributed by atoms with E-state index < -0.39 is 5.60 Å². The second-order valence-corrected chi connectivity index (χ2v) is 7.99. The highest BCUT2D eigenvalue weighted by Gasteiger charge is 2.54. The zero-order chi connectivity index (χ0) is 17.5. The Balaban J connectivity index is 1.81. The third-order valence-electron chi connectivity index (χ3n) is 5.59. The number of carbonyl (C=O) groups is 1. The van der Waals surface area contributed by atoms with Crippen LogP contribution in [-0.4, -0.2) is 34.5 Å². The Bertz CT molecular complexity index is 601. The van der Waals surface area contributed by atoms with E-state index in [0.717, 1.165) is 25.7 Å². The van der Waals surface area contributed by atoms with E-state index in [4.69, 9.17) is 9.47 Å². The van der Waals surface area contributed by atoms with Crippen molar-refractivity contribution in [3.05, 3.63) is 36.0 Å². The molecule has 0 amide bonds. The molecule has 2 aliphatic heterocycles. The number of carbonyl (C=O) groups excluding carboxylic acids is 1. The van der Waals surface area contributed by atoms with Gasteiger partial charge in [-0.3, -0.25) is 0 Å². The van der Waals surface area contributed by atoms with Crippen LogP contribution in [-0.2, 0) is 14.3 Å². The van der Waals surface area contributed by atoms with Crippen molar-refractivity contribution in [2.75, 3.05) is 0 Å². The van der Waals surface area contributed by atoms with Gasteiger partial charge in [0.15, 0.2) is 0 Å². The maximum atomic E-state index is 11.9. The van der Waals surface area contributed by atoms with Crippen LogP contribution in [0.1, 0.15) is 52.9 Å². The molecule has 3 rings (SSSR count). The molecule has 0 aromatic rings. The molecule has 0 spiro atoms. The molecule has 4 heteroatoms. The maximum Gasteiger partial charge on any atom is 0.334 e. The average molecular weight is 332 g/mol. The molecular formula is C20H28O4. The Morgan fingerprint density at radius 1 is 1.38 bits per heavy atom. The SMILES string of the molecule is C=C1C(=O)O[C@H]2C/C(C)=C/CC[C@@](C)(O)/C=C/C[C@@]3(C)O[C@H]3C[C@@H]12. The van der Waals surface area contributed by atoms with Crippen LogP contribution in [0.25, 0.3) is 0 Å². The molecule has 0 aromatic heterocycles. The monoisotopic (exact) mass is 332 g/mol. The van der Waals surface area contributed by atoms with E-state index in [1.165, 1.54) is 5.57 Å². The van der Waals surface area contributed by atoms with Gasteiger partial charge in [0.05, 0.1) is 17.3 Å². The number of rotatable bonds is 0. The summed E-state index contributed by atoms with van der Waals surface area (Å²) in [7, 11) is 0. The first-order valence-corrected chi connectivity index (χ1v) is 8.83. The molecule has 132 valence electrons. The molecule has 2 heterocycles. The smallest absolute Gasteiger partial charge is 0.334 e. The van der Waals surface area contributed by atoms with E-state index in [1.807, 2.05) is 19.1 Å². The molecule has 2 saturated heterocycles. The van der Waals surface area contributed by atoms with Gasteiger partial charge >= 0.3 is 5.97 Å². The third kappa shape index (κ3) is 3.65. The zero-order valence-corrected chi connectivity index (χ0v) is 14.9. The second-order valence-electron chi connectivity index (χ2n) is 7.99. The number of epoxide rings is 1. The van der Waals surface area contributed by atoms with Gasteiger partial charge in [-0.1, -0.05) is 30.4 Å². The lowest BCUT2D eigenvalue weighted by Gasteiger charge is -2.20. The highest BCUT2D eigenvalue weighted by atomic mass is 16.6. The normalized spacial score (nSPS) is 46.8. The minimum atomic E-state index is -0.807. The van der Waals surface area contributed by atoms with Gasteiger partial charge < -0.3 is 14.6 Å². The van der Waals surface area contributed by atoms with Crippen molar-refractivity contribution in [2.45, 2.75) is 76.3 Å². The standard InChI is InChI=1S/C20H28O4/c1-13-7-5-8-19(3,22)9-6-10-20(4)17(24-20)12-15-14(2)18(21)23-16(15)11-13/h6-7,9,15-17,22H,2,5,8,10-12H2,1,3-4H3/b9-6+,13-7+/t15-,16-,17-,19+,20+/m0/s1. The van der Waals surface area contributed by atoms with Crippen molar-refractivity contribution < 1.29 is 19.4 Å². The van der Waals surface area contributed by atoms with Gasteiger partial charge in [0.2, 0.25) is 0 Å². The molecule has 5 atom stereocenters. The fourth-order valence-electron chi connectivity index (χ4n) is 3.79. The summed E-state index contributed by atoms with van der Waals surface area (Å²) in [4.78, 5) is 11.9. The highest BCUT2D eigenvalue weighted by molar-refractivity contribution is 5.90. The maximum absolute atomic E-state index is 11.9. The molecule has 0 bridgehead atoms. The quantitative estimate of drug-likeness (QED) is 0.319. The Kier molecular flexibility index (Phi) is 4.47. The summed E-state index contributed by atoms with van der Waals surface area (Å²) >= 11 is 0. The van der Waals surface area contributed by atoms with Crippen LogP contribution in [0.4, 0.5) is 0 Å². The minimum Gasteiger partial charge on any atom is -0.458 e. The van der Waals surface area contributed by atoms with E-state index in [-0.39, 0.29) is 29.7 Å². The van der Waals surface area contributed by atoms with Crippen LogP contribution in [0.3, 0.4) is 0 Å². The van der Waals surface area contributed by atoms with Crippen LogP contribution in [0.2, 0.25) is 0 Å². The Morgan fingerprint density at radius 3 is 2.88 bits per heavy atom. The molecule has 4 nitrogen and oxygen atoms in total. The summed E-state index contributed by atoms with van der Waals surface area (Å²) in [5, 5.41) is 10.4. The lowest BCUT2D eigenvalue weighted by Crippen LogP contribution is -2.23. The lowest BCUT2D eigenvalue weighted by atomic mass is 9.85. The molecule has 1 N–H and O–H groups in total. The largest absolute Gasteiger partial charge is 0.458 e. The van der Waals surface area contributed by atoms with Crippen molar-refractivity contribution in [1.82, 2.24) is 0 Å². The molecule has 0 unspecified atom stereocenters. The molecule has 1 aliphatic carbocycles. The van der Waals surface area contributed by atoms with Gasteiger partial charge in [-0.15, -0.1) is 0 Å². The van der Waals surface area contributed by atoms with Crippen LogP contribution in [0.15, 0.2) is 36.0 Å². The summed E-state index contributed by atoms with van der Waals surface area (Å²) < 4.78 is 11.5. The van der Waals surface area contributed by atoms with E-state index in [0.29, 0.717) is 12.0 Å². The highest BCUT2D eigenvalue weighted by Crippen LogP contribution is 2.47. The number of fused-ring (bicyclic) bond motifs is 2. The molecular weight excluding hydrogens is 304 g/mol. The summed E-state index contributed by atoms with van der Waals surface area (Å²) in [5.74, 6) is -0.241. The topological polar surface area (TPSA) is 59.1 Å². The van der Waals surface area contributed by atoms with E-state index in [2.05, 4.69) is 26.5 Å². The average Bonchev–Trinajstić information content (AvgIpc) is 3.03. The Labute approximate surface area is 144 Å². The summed E-state index contributed by atoms with van der Waals surface area (Å²) in [6.07, 6.45) is 9.72. The lowest BCUT2D eigenvalue weighted by molar-refractivity contribution is -0.139. The molecule has 24 heavy (non-hydrogen) atoms. The van der Waals surface area contributed by atoms with Crippen LogP contribution in [0, 0.1) is 5.92 Å². The summed E-state index contributed by atoms with van der Waals surface area (Å²) in [5.41, 5.74) is 0.746. The van der Waals surface area contributed by atoms with Crippen molar-refractivity contribution >= 4 is 5.97 Å². The molecule has 3 aliphatic rings. The predicted molar refractivity (Wildman–Crippen MR) is 92.4 cm³/mol. The van der Waals surface area contributed by atoms with Gasteiger partial charge in [-0.05, 0) is 46.5 Å². The van der Waals surface area contributed by atoms with Gasteiger partial charge in [-0.25, -0.2) is 4.79 Å². The van der Waals surface area contributed by atoms with E-state index >= 15 is 0 Å². The van der Waals surface area contributed by atoms with Crippen LogP contribution < -0.4 is 0 Å². The van der Waals surface area contributed by atoms with Crippen LogP contribution in [0.5, 0.6) is 0 Å². The number of hydrogen-bond donors (Lipinski definition) is 1. The first kappa shape index (κ1) is 17.4. The Hall–Kier alpha value is -1.39. The van der Waals surface area contributed by atoms with Crippen molar-refractivity contribution in [3.63, 3.8) is 0 Å². The second kappa shape index (κ2) is 6.16. The van der Waals surface area contributed by atoms with Crippen molar-refractivity contribution in [2.24, 2.45) is 5.92 Å². The Morgan fingerprint density at radius 2 is 2.12 bits per heavy atom. The zero-order valence-electron chi connectivity index (χ0n) is 14.9. The number of ether oxygens (including phenoxy) is 2. The molecule has 0 radical (unpaired) electrons.